The molecule has 96 valence electrons. The van der Waals surface area contributed by atoms with Crippen molar-refractivity contribution in [3.05, 3.63) is 17.5 Å². The van der Waals surface area contributed by atoms with Gasteiger partial charge in [0.1, 0.15) is 11.2 Å². The standard InChI is InChI=1S/C11H19N3O2S/c1-7-8(10(15)16-11(2,3)4)5-13-14(7)6-9(12)17/h5,9,17H,6,12H2,1-4H3. The van der Waals surface area contributed by atoms with Crippen LogP contribution < -0.4 is 5.73 Å². The summed E-state index contributed by atoms with van der Waals surface area (Å²) in [6.07, 6.45) is 1.50. The molecular weight excluding hydrogens is 238 g/mol. The molecule has 5 nitrogen and oxygen atoms in total. The second-order valence-corrected chi connectivity index (χ2v) is 5.56. The molecule has 1 unspecified atom stereocenters. The Balaban J connectivity index is 2.86. The summed E-state index contributed by atoms with van der Waals surface area (Å²) in [6.45, 7) is 7.75. The summed E-state index contributed by atoms with van der Waals surface area (Å²) in [5.74, 6) is -0.367. The lowest BCUT2D eigenvalue weighted by Crippen LogP contribution is -2.24. The number of carbonyl (C=O) groups excluding carboxylic acids is 1. The van der Waals surface area contributed by atoms with Crippen LogP contribution in [0.25, 0.3) is 0 Å². The highest BCUT2D eigenvalue weighted by molar-refractivity contribution is 7.80. The number of nitrogens with zero attached hydrogens (tertiary/aromatic N) is 2. The van der Waals surface area contributed by atoms with Gasteiger partial charge in [0.05, 0.1) is 18.1 Å². The fourth-order valence-corrected chi connectivity index (χ4v) is 1.50. The van der Waals surface area contributed by atoms with E-state index in [1.807, 2.05) is 27.7 Å². The monoisotopic (exact) mass is 257 g/mol. The number of hydrogen-bond donors (Lipinski definition) is 2. The first-order chi connectivity index (χ1) is 7.70. The number of nitrogens with two attached hydrogens (primary N) is 1. The predicted octanol–water partition coefficient (Wildman–Crippen LogP) is 1.36. The molecule has 0 saturated carbocycles. The molecule has 0 bridgehead atoms. The van der Waals surface area contributed by atoms with Gasteiger partial charge >= 0.3 is 5.97 Å². The van der Waals surface area contributed by atoms with E-state index in [9.17, 15) is 4.79 Å². The average molecular weight is 257 g/mol. The molecule has 1 aromatic heterocycles. The van der Waals surface area contributed by atoms with Crippen LogP contribution in [0.5, 0.6) is 0 Å². The van der Waals surface area contributed by atoms with Crippen LogP contribution in [-0.4, -0.2) is 26.7 Å². The van der Waals surface area contributed by atoms with Gasteiger partial charge in [0.2, 0.25) is 0 Å². The highest BCUT2D eigenvalue weighted by atomic mass is 32.1. The number of esters is 1. The Morgan fingerprint density at radius 2 is 2.24 bits per heavy atom. The zero-order valence-corrected chi connectivity index (χ0v) is 11.5. The summed E-state index contributed by atoms with van der Waals surface area (Å²) in [5, 5.41) is 3.79. The predicted molar refractivity (Wildman–Crippen MR) is 69.1 cm³/mol. The molecule has 2 N–H and O–H groups in total. The Hall–Kier alpha value is -1.01. The van der Waals surface area contributed by atoms with Gasteiger partial charge in [0.25, 0.3) is 0 Å². The third-order valence-corrected chi connectivity index (χ3v) is 2.25. The molecule has 1 atom stereocenters. The van der Waals surface area contributed by atoms with E-state index in [0.717, 1.165) is 5.69 Å². The molecular formula is C11H19N3O2S. The number of hydrogen-bond acceptors (Lipinski definition) is 5. The summed E-state index contributed by atoms with van der Waals surface area (Å²) in [5.41, 5.74) is 6.27. The molecule has 17 heavy (non-hydrogen) atoms. The van der Waals surface area contributed by atoms with Crippen LogP contribution in [0.1, 0.15) is 36.8 Å². The van der Waals surface area contributed by atoms with Gasteiger partial charge in [-0.2, -0.15) is 17.7 Å². The second kappa shape index (κ2) is 5.10. The molecule has 0 radical (unpaired) electrons. The normalized spacial score (nSPS) is 13.5. The molecule has 0 aliphatic rings. The maximum Gasteiger partial charge on any atom is 0.342 e. The number of ether oxygens (including phenoxy) is 1. The van der Waals surface area contributed by atoms with E-state index < -0.39 is 5.60 Å². The first-order valence-corrected chi connectivity index (χ1v) is 5.92. The van der Waals surface area contributed by atoms with Gasteiger partial charge in [-0.15, -0.1) is 0 Å². The molecule has 0 aromatic carbocycles. The zero-order valence-electron chi connectivity index (χ0n) is 10.6. The van der Waals surface area contributed by atoms with Gasteiger partial charge in [-0.05, 0) is 27.7 Å². The van der Waals surface area contributed by atoms with Crippen LogP contribution in [0.15, 0.2) is 6.20 Å². The number of carbonyl (C=O) groups is 1. The van der Waals surface area contributed by atoms with Gasteiger partial charge in [0.15, 0.2) is 0 Å². The van der Waals surface area contributed by atoms with Crippen molar-refractivity contribution in [3.8, 4) is 0 Å². The van der Waals surface area contributed by atoms with E-state index in [2.05, 4.69) is 17.7 Å². The molecule has 0 aliphatic carbocycles. The first-order valence-electron chi connectivity index (χ1n) is 5.40. The molecule has 0 fully saturated rings. The third-order valence-electron chi connectivity index (χ3n) is 2.08. The Morgan fingerprint density at radius 1 is 1.65 bits per heavy atom. The Morgan fingerprint density at radius 3 is 2.71 bits per heavy atom. The van der Waals surface area contributed by atoms with Crippen molar-refractivity contribution < 1.29 is 9.53 Å². The van der Waals surface area contributed by atoms with Crippen LogP contribution in [0.3, 0.4) is 0 Å². The van der Waals surface area contributed by atoms with Crippen molar-refractivity contribution in [2.45, 2.75) is 45.2 Å². The topological polar surface area (TPSA) is 70.1 Å². The Kier molecular flexibility index (Phi) is 4.21. The van der Waals surface area contributed by atoms with Crippen molar-refractivity contribution in [1.29, 1.82) is 0 Å². The van der Waals surface area contributed by atoms with Gasteiger partial charge in [-0.25, -0.2) is 4.79 Å². The first kappa shape index (κ1) is 14.1. The van der Waals surface area contributed by atoms with Crippen LogP contribution in [0.2, 0.25) is 0 Å². The minimum atomic E-state index is -0.508. The van der Waals surface area contributed by atoms with Crippen molar-refractivity contribution in [2.24, 2.45) is 5.73 Å². The molecule has 0 amide bonds. The van der Waals surface area contributed by atoms with Gasteiger partial charge in [-0.3, -0.25) is 4.68 Å². The Labute approximate surface area is 107 Å². The minimum Gasteiger partial charge on any atom is -0.456 e. The minimum absolute atomic E-state index is 0.305. The summed E-state index contributed by atoms with van der Waals surface area (Å²) in [6, 6.07) is 0. The van der Waals surface area contributed by atoms with E-state index in [-0.39, 0.29) is 11.3 Å². The quantitative estimate of drug-likeness (QED) is 0.487. The van der Waals surface area contributed by atoms with Crippen molar-refractivity contribution in [1.82, 2.24) is 9.78 Å². The van der Waals surface area contributed by atoms with Crippen LogP contribution in [0, 0.1) is 6.92 Å². The lowest BCUT2D eigenvalue weighted by Gasteiger charge is -2.19. The molecule has 0 spiro atoms. The van der Waals surface area contributed by atoms with E-state index in [0.29, 0.717) is 12.1 Å². The fourth-order valence-electron chi connectivity index (χ4n) is 1.34. The maximum absolute atomic E-state index is 11.9. The summed E-state index contributed by atoms with van der Waals surface area (Å²) >= 11 is 4.09. The van der Waals surface area contributed by atoms with E-state index in [1.54, 1.807) is 4.68 Å². The SMILES string of the molecule is Cc1c(C(=O)OC(C)(C)C)cnn1CC(N)S. The lowest BCUT2D eigenvalue weighted by molar-refractivity contribution is 0.00686. The fraction of sp³-hybridized carbons (Fsp3) is 0.636. The highest BCUT2D eigenvalue weighted by Gasteiger charge is 2.21. The average Bonchev–Trinajstić information content (AvgIpc) is 2.44. The highest BCUT2D eigenvalue weighted by Crippen LogP contribution is 2.15. The molecule has 1 rings (SSSR count). The van der Waals surface area contributed by atoms with Gasteiger partial charge < -0.3 is 10.5 Å². The van der Waals surface area contributed by atoms with Gasteiger partial charge in [0, 0.05) is 5.69 Å². The summed E-state index contributed by atoms with van der Waals surface area (Å²) < 4.78 is 6.93. The van der Waals surface area contributed by atoms with Crippen LogP contribution in [-0.2, 0) is 11.3 Å². The van der Waals surface area contributed by atoms with Crippen molar-refractivity contribution in [2.75, 3.05) is 0 Å². The molecule has 0 aliphatic heterocycles. The smallest absolute Gasteiger partial charge is 0.342 e. The van der Waals surface area contributed by atoms with Crippen LogP contribution >= 0.6 is 12.6 Å². The molecule has 1 heterocycles. The third kappa shape index (κ3) is 4.05. The van der Waals surface area contributed by atoms with E-state index in [4.69, 9.17) is 10.5 Å². The largest absolute Gasteiger partial charge is 0.456 e. The summed E-state index contributed by atoms with van der Waals surface area (Å²) in [4.78, 5) is 11.9. The number of aromatic nitrogens is 2. The Bertz CT molecular complexity index is 407. The molecule has 0 saturated heterocycles. The van der Waals surface area contributed by atoms with Gasteiger partial charge in [-0.1, -0.05) is 0 Å². The molecule has 1 aromatic rings. The zero-order chi connectivity index (χ0) is 13.2. The second-order valence-electron chi connectivity index (χ2n) is 4.90. The number of rotatable bonds is 3. The van der Waals surface area contributed by atoms with E-state index in [1.165, 1.54) is 6.20 Å². The summed E-state index contributed by atoms with van der Waals surface area (Å²) in [7, 11) is 0. The molecule has 6 heteroatoms. The van der Waals surface area contributed by atoms with Crippen molar-refractivity contribution >= 4 is 18.6 Å². The van der Waals surface area contributed by atoms with Crippen LogP contribution in [0.4, 0.5) is 0 Å². The van der Waals surface area contributed by atoms with Crippen molar-refractivity contribution in [3.63, 3.8) is 0 Å². The maximum atomic E-state index is 11.9. The number of thiol groups is 1. The lowest BCUT2D eigenvalue weighted by atomic mass is 10.2. The van der Waals surface area contributed by atoms with E-state index >= 15 is 0 Å².